The zero-order valence-corrected chi connectivity index (χ0v) is 18.1. The Balaban J connectivity index is 0.00000225. The third-order valence-corrected chi connectivity index (χ3v) is 5.31. The highest BCUT2D eigenvalue weighted by Crippen LogP contribution is 2.15. The van der Waals surface area contributed by atoms with Crippen LogP contribution in [-0.2, 0) is 13.0 Å². The molecule has 0 aromatic heterocycles. The van der Waals surface area contributed by atoms with Gasteiger partial charge < -0.3 is 10.2 Å². The van der Waals surface area contributed by atoms with Gasteiger partial charge in [0, 0.05) is 66.0 Å². The van der Waals surface area contributed by atoms with E-state index < -0.39 is 0 Å². The minimum atomic E-state index is 0. The number of guanidine groups is 1. The number of nitrogens with zero attached hydrogens (tertiary/aromatic N) is 4. The van der Waals surface area contributed by atoms with Gasteiger partial charge in [-0.3, -0.25) is 14.8 Å². The first kappa shape index (κ1) is 20.5. The molecule has 0 spiro atoms. The fourth-order valence-corrected chi connectivity index (χ4v) is 3.74. The molecule has 0 radical (unpaired) electrons. The molecule has 5 nitrogen and oxygen atoms in total. The molecule has 3 fully saturated rings. The van der Waals surface area contributed by atoms with Crippen LogP contribution >= 0.6 is 24.0 Å². The number of hydrogen-bond donors (Lipinski definition) is 1. The standard InChI is InChI=1S/C19H31N5.HI/c1-4-16-5-7-17(8-6-16)14-22(3)19(20-2)21-13-18-15-23-9-11-24(18)12-10-23;/h5-8,18H,4,9-15H2,1-3H3,(H,20,21);1H. The molecule has 3 saturated heterocycles. The van der Waals surface area contributed by atoms with Gasteiger partial charge in [0.05, 0.1) is 0 Å². The third-order valence-electron chi connectivity index (χ3n) is 5.31. The minimum Gasteiger partial charge on any atom is -0.355 e. The molecule has 6 heteroatoms. The summed E-state index contributed by atoms with van der Waals surface area (Å²) in [5.74, 6) is 0.979. The smallest absolute Gasteiger partial charge is 0.193 e. The van der Waals surface area contributed by atoms with Crippen molar-refractivity contribution in [2.75, 3.05) is 53.4 Å². The normalized spacial score (nSPS) is 25.4. The Hall–Kier alpha value is -0.860. The Morgan fingerprint density at radius 2 is 1.80 bits per heavy atom. The van der Waals surface area contributed by atoms with Crippen molar-refractivity contribution in [3.8, 4) is 0 Å². The van der Waals surface area contributed by atoms with Gasteiger partial charge in [-0.25, -0.2) is 0 Å². The maximum atomic E-state index is 4.46. The van der Waals surface area contributed by atoms with E-state index >= 15 is 0 Å². The number of nitrogens with one attached hydrogen (secondary N) is 1. The fraction of sp³-hybridized carbons (Fsp3) is 0.632. The van der Waals surface area contributed by atoms with Crippen LogP contribution in [0.4, 0.5) is 0 Å². The van der Waals surface area contributed by atoms with E-state index in [2.05, 4.69) is 63.2 Å². The van der Waals surface area contributed by atoms with Crippen LogP contribution in [0.25, 0.3) is 0 Å². The lowest BCUT2D eigenvalue weighted by Crippen LogP contribution is -2.63. The lowest BCUT2D eigenvalue weighted by molar-refractivity contribution is 0.0152. The second-order valence-corrected chi connectivity index (χ2v) is 6.94. The summed E-state index contributed by atoms with van der Waals surface area (Å²) in [5, 5.41) is 3.57. The Labute approximate surface area is 169 Å². The van der Waals surface area contributed by atoms with Gasteiger partial charge in [0.2, 0.25) is 0 Å². The van der Waals surface area contributed by atoms with Crippen LogP contribution in [-0.4, -0.2) is 80.1 Å². The van der Waals surface area contributed by atoms with Gasteiger partial charge in [-0.15, -0.1) is 24.0 Å². The van der Waals surface area contributed by atoms with Gasteiger partial charge in [-0.05, 0) is 17.5 Å². The van der Waals surface area contributed by atoms with Crippen molar-refractivity contribution in [1.29, 1.82) is 0 Å². The lowest BCUT2D eigenvalue weighted by Gasteiger charge is -2.47. The molecular weight excluding hydrogens is 425 g/mol. The molecule has 1 aromatic carbocycles. The number of aryl methyl sites for hydroxylation is 1. The maximum Gasteiger partial charge on any atom is 0.193 e. The predicted octanol–water partition coefficient (Wildman–Crippen LogP) is 1.87. The first-order chi connectivity index (χ1) is 11.7. The van der Waals surface area contributed by atoms with Gasteiger partial charge in [-0.2, -0.15) is 0 Å². The van der Waals surface area contributed by atoms with E-state index in [4.69, 9.17) is 0 Å². The number of fused-ring (bicyclic) bond motifs is 3. The first-order valence-corrected chi connectivity index (χ1v) is 9.15. The predicted molar refractivity (Wildman–Crippen MR) is 116 cm³/mol. The molecule has 2 bridgehead atoms. The van der Waals surface area contributed by atoms with Gasteiger partial charge >= 0.3 is 0 Å². The Kier molecular flexibility index (Phi) is 7.96. The number of piperazine rings is 3. The average Bonchev–Trinajstić information content (AvgIpc) is 2.64. The van der Waals surface area contributed by atoms with Crippen LogP contribution in [0.5, 0.6) is 0 Å². The van der Waals surface area contributed by atoms with E-state index in [1.165, 1.54) is 43.9 Å². The van der Waals surface area contributed by atoms with E-state index in [0.717, 1.165) is 25.5 Å². The molecule has 0 saturated carbocycles. The minimum absolute atomic E-state index is 0. The highest BCUT2D eigenvalue weighted by molar-refractivity contribution is 14.0. The number of rotatable bonds is 5. The molecule has 3 aliphatic rings. The Morgan fingerprint density at radius 1 is 1.16 bits per heavy atom. The van der Waals surface area contributed by atoms with Crippen molar-refractivity contribution in [2.24, 2.45) is 4.99 Å². The van der Waals surface area contributed by atoms with E-state index in [0.29, 0.717) is 6.04 Å². The van der Waals surface area contributed by atoms with Crippen molar-refractivity contribution in [3.05, 3.63) is 35.4 Å². The molecule has 1 atom stereocenters. The van der Waals surface area contributed by atoms with Crippen LogP contribution in [0.2, 0.25) is 0 Å². The Bertz CT molecular complexity index is 551. The van der Waals surface area contributed by atoms with E-state index in [1.54, 1.807) is 0 Å². The largest absolute Gasteiger partial charge is 0.355 e. The SMILES string of the molecule is CCc1ccc(CN(C)C(=NC)NCC2CN3CCN2CC3)cc1.I. The van der Waals surface area contributed by atoms with Crippen LogP contribution in [0.15, 0.2) is 29.3 Å². The first-order valence-electron chi connectivity index (χ1n) is 9.15. The summed E-state index contributed by atoms with van der Waals surface area (Å²) in [4.78, 5) is 11.9. The summed E-state index contributed by atoms with van der Waals surface area (Å²) in [7, 11) is 3.98. The molecule has 0 amide bonds. The molecule has 3 heterocycles. The van der Waals surface area contributed by atoms with Crippen molar-refractivity contribution in [3.63, 3.8) is 0 Å². The fourth-order valence-electron chi connectivity index (χ4n) is 3.74. The second-order valence-electron chi connectivity index (χ2n) is 6.94. The highest BCUT2D eigenvalue weighted by Gasteiger charge is 2.31. The van der Waals surface area contributed by atoms with E-state index in [-0.39, 0.29) is 24.0 Å². The Morgan fingerprint density at radius 3 is 2.32 bits per heavy atom. The van der Waals surface area contributed by atoms with Gasteiger partial charge in [0.15, 0.2) is 5.96 Å². The number of hydrogen-bond acceptors (Lipinski definition) is 3. The van der Waals surface area contributed by atoms with Crippen LogP contribution in [0, 0.1) is 0 Å². The molecule has 140 valence electrons. The summed E-state index contributed by atoms with van der Waals surface area (Å²) in [5.41, 5.74) is 2.71. The zero-order valence-electron chi connectivity index (χ0n) is 15.7. The van der Waals surface area contributed by atoms with Crippen molar-refractivity contribution in [2.45, 2.75) is 25.9 Å². The molecule has 25 heavy (non-hydrogen) atoms. The van der Waals surface area contributed by atoms with Crippen molar-refractivity contribution < 1.29 is 0 Å². The van der Waals surface area contributed by atoms with Gasteiger partial charge in [-0.1, -0.05) is 31.2 Å². The monoisotopic (exact) mass is 457 g/mol. The maximum absolute atomic E-state index is 4.46. The summed E-state index contributed by atoms with van der Waals surface area (Å²) >= 11 is 0. The lowest BCUT2D eigenvalue weighted by atomic mass is 10.1. The summed E-state index contributed by atoms with van der Waals surface area (Å²) in [6.07, 6.45) is 1.09. The summed E-state index contributed by atoms with van der Waals surface area (Å²) < 4.78 is 0. The van der Waals surface area contributed by atoms with Crippen molar-refractivity contribution in [1.82, 2.24) is 20.0 Å². The highest BCUT2D eigenvalue weighted by atomic mass is 127. The van der Waals surface area contributed by atoms with Gasteiger partial charge in [0.1, 0.15) is 0 Å². The number of halogens is 1. The van der Waals surface area contributed by atoms with E-state index in [1.807, 2.05) is 7.05 Å². The third kappa shape index (κ3) is 5.31. The van der Waals surface area contributed by atoms with Crippen molar-refractivity contribution >= 4 is 29.9 Å². The number of aliphatic imine (C=N–C) groups is 1. The number of benzene rings is 1. The topological polar surface area (TPSA) is 34.1 Å². The van der Waals surface area contributed by atoms with Crippen LogP contribution in [0.3, 0.4) is 0 Å². The van der Waals surface area contributed by atoms with Crippen LogP contribution < -0.4 is 5.32 Å². The van der Waals surface area contributed by atoms with Crippen LogP contribution in [0.1, 0.15) is 18.1 Å². The zero-order chi connectivity index (χ0) is 16.9. The molecule has 0 aliphatic carbocycles. The molecule has 1 N–H and O–H groups in total. The van der Waals surface area contributed by atoms with Gasteiger partial charge in [0.25, 0.3) is 0 Å². The quantitative estimate of drug-likeness (QED) is 0.416. The molecular formula is C19H32IN5. The molecule has 1 aromatic rings. The summed E-state index contributed by atoms with van der Waals surface area (Å²) in [6.45, 7) is 10.1. The van der Waals surface area contributed by atoms with E-state index in [9.17, 15) is 0 Å². The average molecular weight is 457 g/mol. The molecule has 4 rings (SSSR count). The second kappa shape index (κ2) is 9.73. The molecule has 1 unspecified atom stereocenters. The summed E-state index contributed by atoms with van der Waals surface area (Å²) in [6, 6.07) is 9.50. The molecule has 3 aliphatic heterocycles.